The number of aryl methyl sites for hydroxylation is 1. The molecular formula is C27H25ClN6O3S3. The van der Waals surface area contributed by atoms with E-state index in [1.54, 1.807) is 22.8 Å². The van der Waals surface area contributed by atoms with Gasteiger partial charge in [0.2, 0.25) is 0 Å². The summed E-state index contributed by atoms with van der Waals surface area (Å²) in [7, 11) is 0. The number of hydrogen-bond acceptors (Lipinski definition) is 10. The first-order chi connectivity index (χ1) is 19.6. The van der Waals surface area contributed by atoms with Crippen molar-refractivity contribution in [2.45, 2.75) is 19.5 Å². The van der Waals surface area contributed by atoms with Crippen molar-refractivity contribution in [1.29, 1.82) is 0 Å². The predicted molar refractivity (Wildman–Crippen MR) is 161 cm³/mol. The summed E-state index contributed by atoms with van der Waals surface area (Å²) in [6.07, 6.45) is 0.630. The molecule has 9 nitrogen and oxygen atoms in total. The normalized spacial score (nSPS) is 13.6. The zero-order valence-corrected chi connectivity index (χ0v) is 24.5. The van der Waals surface area contributed by atoms with Crippen LogP contribution in [0.5, 0.6) is 0 Å². The highest BCUT2D eigenvalue weighted by atomic mass is 35.5. The molecule has 40 heavy (non-hydrogen) atoms. The first-order valence-corrected chi connectivity index (χ1v) is 15.7. The first-order valence-electron chi connectivity index (χ1n) is 12.7. The van der Waals surface area contributed by atoms with E-state index in [2.05, 4.69) is 14.6 Å². The van der Waals surface area contributed by atoms with Crippen LogP contribution < -0.4 is 15.8 Å². The molecule has 6 rings (SSSR count). The van der Waals surface area contributed by atoms with Crippen LogP contribution in [-0.2, 0) is 24.2 Å². The van der Waals surface area contributed by atoms with Gasteiger partial charge in [-0.1, -0.05) is 11.6 Å². The molecule has 1 N–H and O–H groups in total. The molecule has 1 saturated heterocycles. The van der Waals surface area contributed by atoms with Crippen LogP contribution in [0.1, 0.15) is 20.9 Å². The summed E-state index contributed by atoms with van der Waals surface area (Å²) in [5, 5.41) is 13.8. The topological polar surface area (TPSA) is 94.3 Å². The summed E-state index contributed by atoms with van der Waals surface area (Å²) in [5.41, 5.74) is 2.78. The highest BCUT2D eigenvalue weighted by Gasteiger charge is 2.25. The Kier molecular flexibility index (Phi) is 8.12. The number of nitrogens with one attached hydrogen (secondary N) is 1. The van der Waals surface area contributed by atoms with Gasteiger partial charge in [0.25, 0.3) is 11.5 Å². The molecule has 1 fully saturated rings. The standard InChI is InChI=1S/C27H25ClN6O3S3/c28-23-3-1-20(40-23)16-29-24-15-22(30-34(24)27(36)18-6-13-38-17-18)21-2-4-25(35)33(8-5-19-7-14-39-31-19)26(21)32-9-11-37-12-10-32/h1-4,6-7,13-15,17,29H,5,8-12,16H2. The van der Waals surface area contributed by atoms with Crippen molar-refractivity contribution in [1.82, 2.24) is 18.7 Å². The third-order valence-corrected chi connectivity index (χ3v) is 9.08. The van der Waals surface area contributed by atoms with Crippen molar-refractivity contribution in [3.63, 3.8) is 0 Å². The number of carbonyl (C=O) groups excluding carboxylic acids is 1. The number of carbonyl (C=O) groups is 1. The monoisotopic (exact) mass is 612 g/mol. The van der Waals surface area contributed by atoms with Gasteiger partial charge in [0.1, 0.15) is 11.6 Å². The Bertz CT molecular complexity index is 1650. The van der Waals surface area contributed by atoms with Gasteiger partial charge >= 0.3 is 0 Å². The van der Waals surface area contributed by atoms with Gasteiger partial charge in [0, 0.05) is 59.4 Å². The zero-order chi connectivity index (χ0) is 27.5. The van der Waals surface area contributed by atoms with E-state index in [0.29, 0.717) is 67.2 Å². The first kappa shape index (κ1) is 26.9. The molecule has 5 aromatic heterocycles. The minimum absolute atomic E-state index is 0.0952. The van der Waals surface area contributed by atoms with Crippen LogP contribution in [0, 0.1) is 0 Å². The van der Waals surface area contributed by atoms with Crippen molar-refractivity contribution in [2.24, 2.45) is 0 Å². The lowest BCUT2D eigenvalue weighted by molar-refractivity contribution is 0.0948. The molecule has 0 atom stereocenters. The molecule has 206 valence electrons. The second kappa shape index (κ2) is 12.1. The third kappa shape index (κ3) is 5.77. The van der Waals surface area contributed by atoms with E-state index >= 15 is 0 Å². The Hall–Kier alpha value is -3.29. The molecule has 0 amide bonds. The van der Waals surface area contributed by atoms with Gasteiger partial charge in [-0.15, -0.1) is 11.3 Å². The quantitative estimate of drug-likeness (QED) is 0.241. The zero-order valence-electron chi connectivity index (χ0n) is 21.3. The number of rotatable bonds is 9. The minimum Gasteiger partial charge on any atom is -0.378 e. The van der Waals surface area contributed by atoms with E-state index in [1.807, 2.05) is 40.4 Å². The molecule has 1 aliphatic heterocycles. The molecule has 0 spiro atoms. The molecule has 0 aliphatic carbocycles. The predicted octanol–water partition coefficient (Wildman–Crippen LogP) is 5.32. The summed E-state index contributed by atoms with van der Waals surface area (Å²) in [5.74, 6) is 1.10. The number of ether oxygens (including phenoxy) is 1. The van der Waals surface area contributed by atoms with Gasteiger partial charge in [-0.25, -0.2) is 0 Å². The van der Waals surface area contributed by atoms with E-state index in [1.165, 1.54) is 38.9 Å². The molecule has 0 bridgehead atoms. The van der Waals surface area contributed by atoms with Crippen molar-refractivity contribution >= 4 is 63.3 Å². The third-order valence-electron chi connectivity index (χ3n) is 6.57. The summed E-state index contributed by atoms with van der Waals surface area (Å²) in [6.45, 7) is 3.38. The van der Waals surface area contributed by atoms with Crippen LogP contribution in [0.25, 0.3) is 11.3 Å². The van der Waals surface area contributed by atoms with Crippen LogP contribution in [0.3, 0.4) is 0 Å². The fourth-order valence-corrected chi connectivity index (χ4v) is 6.84. The minimum atomic E-state index is -0.232. The Morgan fingerprint density at radius 3 is 2.70 bits per heavy atom. The summed E-state index contributed by atoms with van der Waals surface area (Å²) < 4.78 is 13.9. The highest BCUT2D eigenvalue weighted by molar-refractivity contribution is 7.16. The lowest BCUT2D eigenvalue weighted by atomic mass is 10.1. The average molecular weight is 613 g/mol. The highest BCUT2D eigenvalue weighted by Crippen LogP contribution is 2.32. The number of hydrogen-bond donors (Lipinski definition) is 1. The molecule has 5 aromatic rings. The largest absolute Gasteiger partial charge is 0.378 e. The molecule has 0 unspecified atom stereocenters. The van der Waals surface area contributed by atoms with Crippen LogP contribution in [-0.4, -0.2) is 50.9 Å². The molecule has 13 heteroatoms. The maximum absolute atomic E-state index is 13.5. The maximum Gasteiger partial charge on any atom is 0.280 e. The van der Waals surface area contributed by atoms with Crippen molar-refractivity contribution < 1.29 is 9.53 Å². The number of anilines is 2. The van der Waals surface area contributed by atoms with Gasteiger partial charge in [-0.2, -0.15) is 25.5 Å². The number of pyridine rings is 1. The lowest BCUT2D eigenvalue weighted by Crippen LogP contribution is -2.40. The maximum atomic E-state index is 13.5. The van der Waals surface area contributed by atoms with Gasteiger partial charge in [0.15, 0.2) is 0 Å². The van der Waals surface area contributed by atoms with Crippen molar-refractivity contribution in [3.8, 4) is 11.3 Å². The Morgan fingerprint density at radius 1 is 1.10 bits per heavy atom. The van der Waals surface area contributed by atoms with Crippen LogP contribution in [0.4, 0.5) is 11.6 Å². The molecule has 6 heterocycles. The van der Waals surface area contributed by atoms with Crippen molar-refractivity contribution in [3.05, 3.63) is 89.4 Å². The smallest absolute Gasteiger partial charge is 0.280 e. The van der Waals surface area contributed by atoms with Gasteiger partial charge in [0.05, 0.1) is 41.0 Å². The second-order valence-corrected chi connectivity index (χ2v) is 12.3. The second-order valence-electron chi connectivity index (χ2n) is 9.10. The van der Waals surface area contributed by atoms with Crippen molar-refractivity contribution in [2.75, 3.05) is 36.5 Å². The summed E-state index contributed by atoms with van der Waals surface area (Å²) >= 11 is 10.5. The number of halogens is 1. The van der Waals surface area contributed by atoms with Crippen LogP contribution in [0.2, 0.25) is 4.34 Å². The van der Waals surface area contributed by atoms with Crippen LogP contribution >= 0.6 is 45.8 Å². The number of thiophene rings is 2. The fraction of sp³-hybridized carbons (Fsp3) is 0.259. The molecule has 0 aromatic carbocycles. The molecular weight excluding hydrogens is 588 g/mol. The molecule has 0 saturated carbocycles. The van der Waals surface area contributed by atoms with E-state index in [-0.39, 0.29) is 11.5 Å². The Labute approximate surface area is 247 Å². The van der Waals surface area contributed by atoms with E-state index < -0.39 is 0 Å². The van der Waals surface area contributed by atoms with E-state index in [0.717, 1.165) is 22.0 Å². The Morgan fingerprint density at radius 2 is 1.98 bits per heavy atom. The summed E-state index contributed by atoms with van der Waals surface area (Å²) in [6, 6.07) is 12.8. The number of nitrogens with zero attached hydrogens (tertiary/aromatic N) is 5. The lowest BCUT2D eigenvalue weighted by Gasteiger charge is -2.32. The SMILES string of the molecule is O=C(c1ccsc1)n1nc(-c2ccc(=O)n(CCc3ccsn3)c2N2CCOCC2)cc1NCc1ccc(Cl)s1. The van der Waals surface area contributed by atoms with E-state index in [9.17, 15) is 9.59 Å². The fourth-order valence-electron chi connectivity index (χ4n) is 4.62. The van der Waals surface area contributed by atoms with Gasteiger partial charge in [-0.3, -0.25) is 14.2 Å². The molecule has 0 radical (unpaired) electrons. The van der Waals surface area contributed by atoms with Gasteiger partial charge in [-0.05, 0) is 47.2 Å². The van der Waals surface area contributed by atoms with Gasteiger partial charge < -0.3 is 15.0 Å². The average Bonchev–Trinajstić information content (AvgIpc) is 3.79. The van der Waals surface area contributed by atoms with Crippen LogP contribution in [0.15, 0.2) is 63.4 Å². The number of morpholine rings is 1. The Balaban J connectivity index is 1.42. The van der Waals surface area contributed by atoms with E-state index in [4.69, 9.17) is 21.4 Å². The number of aromatic nitrogens is 4. The summed E-state index contributed by atoms with van der Waals surface area (Å²) in [4.78, 5) is 29.9. The molecule has 1 aliphatic rings.